The number of rotatable bonds is 6. The van der Waals surface area contributed by atoms with Gasteiger partial charge in [0.15, 0.2) is 0 Å². The number of hydrogen-bond acceptors (Lipinski definition) is 6. The van der Waals surface area contributed by atoms with Crippen molar-refractivity contribution in [1.29, 1.82) is 0 Å². The first kappa shape index (κ1) is 22.2. The van der Waals surface area contributed by atoms with Crippen LogP contribution < -0.4 is 16.6 Å². The van der Waals surface area contributed by atoms with E-state index in [1.165, 1.54) is 18.2 Å². The first-order chi connectivity index (χ1) is 14.3. The minimum Gasteiger partial charge on any atom is -0.395 e. The van der Waals surface area contributed by atoms with E-state index in [2.05, 4.69) is 10.4 Å². The van der Waals surface area contributed by atoms with Gasteiger partial charge in [0.2, 0.25) is 0 Å². The lowest BCUT2D eigenvalue weighted by atomic mass is 9.94. The van der Waals surface area contributed by atoms with E-state index in [1.807, 2.05) is 0 Å². The zero-order valence-corrected chi connectivity index (χ0v) is 17.3. The average Bonchev–Trinajstić information content (AvgIpc) is 2.95. The van der Waals surface area contributed by atoms with Crippen LogP contribution in [0.5, 0.6) is 0 Å². The second-order valence-corrected chi connectivity index (χ2v) is 7.95. The number of aliphatic hydroxyl groups is 2. The summed E-state index contributed by atoms with van der Waals surface area (Å²) in [6.45, 7) is -0.429. The van der Waals surface area contributed by atoms with Crippen molar-refractivity contribution in [2.45, 2.75) is 50.7 Å². The van der Waals surface area contributed by atoms with Gasteiger partial charge in [-0.3, -0.25) is 14.2 Å². The van der Waals surface area contributed by atoms with Crippen LogP contribution in [0.25, 0.3) is 5.69 Å². The molecular weight excluding hydrogens is 412 g/mol. The van der Waals surface area contributed by atoms with E-state index < -0.39 is 22.8 Å². The molecule has 1 aromatic heterocycles. The number of amides is 1. The first-order valence-corrected chi connectivity index (χ1v) is 10.3. The molecule has 162 valence electrons. The van der Waals surface area contributed by atoms with Crippen LogP contribution in [0, 0.1) is 0 Å². The summed E-state index contributed by atoms with van der Waals surface area (Å²) in [5.74, 6) is -0.476. The largest absolute Gasteiger partial charge is 0.395 e. The highest BCUT2D eigenvalue weighted by Gasteiger charge is 2.28. The van der Waals surface area contributed by atoms with Crippen molar-refractivity contribution in [3.63, 3.8) is 0 Å². The molecule has 3 N–H and O–H groups in total. The van der Waals surface area contributed by atoms with Gasteiger partial charge in [0.1, 0.15) is 6.20 Å². The fraction of sp³-hybridized carbons (Fsp3) is 0.500. The Kier molecular flexibility index (Phi) is 7.06. The molecule has 3 rings (SSSR count). The van der Waals surface area contributed by atoms with Crippen molar-refractivity contribution < 1.29 is 15.0 Å². The molecule has 0 bridgehead atoms. The van der Waals surface area contributed by atoms with Gasteiger partial charge in [0.05, 0.1) is 35.0 Å². The normalized spacial score (nSPS) is 16.1. The molecule has 1 saturated carbocycles. The number of halogens is 1. The molecule has 1 fully saturated rings. The minimum atomic E-state index is -0.936. The van der Waals surface area contributed by atoms with E-state index in [9.17, 15) is 19.5 Å². The quantitative estimate of drug-likeness (QED) is 0.576. The maximum Gasteiger partial charge on any atom is 0.352 e. The summed E-state index contributed by atoms with van der Waals surface area (Å²) in [5, 5.41) is 26.6. The molecule has 0 unspecified atom stereocenters. The molecule has 1 heterocycles. The van der Waals surface area contributed by atoms with Crippen molar-refractivity contribution in [2.75, 3.05) is 13.2 Å². The van der Waals surface area contributed by atoms with E-state index >= 15 is 0 Å². The topological polar surface area (TPSA) is 126 Å². The van der Waals surface area contributed by atoms with Crippen LogP contribution in [0.4, 0.5) is 0 Å². The predicted molar refractivity (Wildman–Crippen MR) is 111 cm³/mol. The van der Waals surface area contributed by atoms with Crippen molar-refractivity contribution in [2.24, 2.45) is 0 Å². The van der Waals surface area contributed by atoms with Gasteiger partial charge < -0.3 is 15.5 Å². The molecular formula is C20H25ClN4O5. The zero-order chi connectivity index (χ0) is 21.7. The summed E-state index contributed by atoms with van der Waals surface area (Å²) in [4.78, 5) is 37.1. The highest BCUT2D eigenvalue weighted by Crippen LogP contribution is 2.26. The Balaban J connectivity index is 1.85. The van der Waals surface area contributed by atoms with Crippen LogP contribution in [-0.2, 0) is 6.54 Å². The molecule has 10 heteroatoms. The van der Waals surface area contributed by atoms with Gasteiger partial charge in [-0.05, 0) is 31.0 Å². The Hall–Kier alpha value is -2.49. The standard InChI is InChI=1S/C20H25ClN4O5/c21-16-6-5-14(25-19(29)24(9-10-26)17(27)12-23-25)11-15(16)18(28)22-13-20(30)7-3-1-2-4-8-20/h5-6,11-12,26,30H,1-4,7-10,13H2,(H,22,28). The summed E-state index contributed by atoms with van der Waals surface area (Å²) in [7, 11) is 0. The minimum absolute atomic E-state index is 0.117. The van der Waals surface area contributed by atoms with Crippen LogP contribution >= 0.6 is 11.6 Å². The Morgan fingerprint density at radius 2 is 1.90 bits per heavy atom. The van der Waals surface area contributed by atoms with Crippen molar-refractivity contribution in [3.8, 4) is 5.69 Å². The number of benzene rings is 1. The van der Waals surface area contributed by atoms with Gasteiger partial charge in [-0.1, -0.05) is 37.3 Å². The van der Waals surface area contributed by atoms with Crippen LogP contribution in [0.1, 0.15) is 48.9 Å². The molecule has 0 aliphatic heterocycles. The smallest absolute Gasteiger partial charge is 0.352 e. The van der Waals surface area contributed by atoms with E-state index in [4.69, 9.17) is 16.7 Å². The fourth-order valence-corrected chi connectivity index (χ4v) is 3.84. The molecule has 0 saturated heterocycles. The van der Waals surface area contributed by atoms with Gasteiger partial charge >= 0.3 is 5.69 Å². The number of hydrogen-bond donors (Lipinski definition) is 3. The van der Waals surface area contributed by atoms with Gasteiger partial charge in [-0.2, -0.15) is 9.78 Å². The summed E-state index contributed by atoms with van der Waals surface area (Å²) in [6, 6.07) is 4.36. The number of aliphatic hydroxyl groups excluding tert-OH is 1. The van der Waals surface area contributed by atoms with Gasteiger partial charge in [0, 0.05) is 6.54 Å². The molecule has 9 nitrogen and oxygen atoms in total. The molecule has 0 spiro atoms. The third kappa shape index (κ3) is 4.97. The van der Waals surface area contributed by atoms with Gasteiger partial charge in [0.25, 0.3) is 11.5 Å². The number of nitrogens with one attached hydrogen (secondary N) is 1. The number of nitrogens with zero attached hydrogens (tertiary/aromatic N) is 3. The molecule has 1 amide bonds. The maximum atomic E-state index is 12.7. The number of aromatic nitrogens is 3. The van der Waals surface area contributed by atoms with Crippen LogP contribution in [0.15, 0.2) is 34.0 Å². The number of carbonyl (C=O) groups is 1. The lowest BCUT2D eigenvalue weighted by molar-refractivity contribution is 0.0246. The SMILES string of the molecule is O=C(NCC1(O)CCCCCC1)c1cc(-n2ncc(=O)n(CCO)c2=O)ccc1Cl. The molecule has 1 aliphatic rings. The van der Waals surface area contributed by atoms with Crippen LogP contribution in [-0.4, -0.2) is 49.2 Å². The highest BCUT2D eigenvalue weighted by molar-refractivity contribution is 6.33. The lowest BCUT2D eigenvalue weighted by Gasteiger charge is -2.26. The second kappa shape index (κ2) is 9.55. The highest BCUT2D eigenvalue weighted by atomic mass is 35.5. The van der Waals surface area contributed by atoms with E-state index in [0.717, 1.165) is 41.1 Å². The van der Waals surface area contributed by atoms with Crippen molar-refractivity contribution >= 4 is 17.5 Å². The first-order valence-electron chi connectivity index (χ1n) is 9.95. The summed E-state index contributed by atoms with van der Waals surface area (Å²) in [6.07, 6.45) is 6.21. The number of carbonyl (C=O) groups excluding carboxylic acids is 1. The molecule has 30 heavy (non-hydrogen) atoms. The fourth-order valence-electron chi connectivity index (χ4n) is 3.64. The summed E-state index contributed by atoms with van der Waals surface area (Å²) < 4.78 is 1.81. The van der Waals surface area contributed by atoms with E-state index in [0.29, 0.717) is 12.8 Å². The Bertz CT molecular complexity index is 1020. The van der Waals surface area contributed by atoms with Crippen molar-refractivity contribution in [1.82, 2.24) is 19.7 Å². The summed E-state index contributed by atoms with van der Waals surface area (Å²) >= 11 is 6.19. The lowest BCUT2D eigenvalue weighted by Crippen LogP contribution is -2.42. The third-order valence-corrected chi connectivity index (χ3v) is 5.67. The molecule has 0 atom stereocenters. The molecule has 2 aromatic rings. The average molecular weight is 437 g/mol. The molecule has 1 aromatic carbocycles. The third-order valence-electron chi connectivity index (χ3n) is 5.34. The maximum absolute atomic E-state index is 12.7. The van der Waals surface area contributed by atoms with E-state index in [1.54, 1.807) is 0 Å². The Morgan fingerprint density at radius 1 is 1.20 bits per heavy atom. The van der Waals surface area contributed by atoms with E-state index in [-0.39, 0.29) is 36.0 Å². The van der Waals surface area contributed by atoms with Crippen LogP contribution in [0.2, 0.25) is 5.02 Å². The van der Waals surface area contributed by atoms with Crippen LogP contribution in [0.3, 0.4) is 0 Å². The predicted octanol–water partition coefficient (Wildman–Crippen LogP) is 0.855. The second-order valence-electron chi connectivity index (χ2n) is 7.54. The summed E-state index contributed by atoms with van der Waals surface area (Å²) in [5.41, 5.74) is -1.93. The molecule has 1 aliphatic carbocycles. The molecule has 0 radical (unpaired) electrons. The Labute approximate surface area is 177 Å². The monoisotopic (exact) mass is 436 g/mol. The van der Waals surface area contributed by atoms with Gasteiger partial charge in [-0.15, -0.1) is 0 Å². The van der Waals surface area contributed by atoms with Gasteiger partial charge in [-0.25, -0.2) is 4.79 Å². The van der Waals surface area contributed by atoms with Crippen molar-refractivity contribution in [3.05, 3.63) is 55.8 Å². The Morgan fingerprint density at radius 3 is 2.57 bits per heavy atom. The zero-order valence-electron chi connectivity index (χ0n) is 16.5.